The van der Waals surface area contributed by atoms with Gasteiger partial charge >= 0.3 is 0 Å². The molecule has 92 valence electrons. The van der Waals surface area contributed by atoms with Gasteiger partial charge in [0.05, 0.1) is 0 Å². The number of halogens is 1. The van der Waals surface area contributed by atoms with Crippen molar-refractivity contribution in [1.29, 1.82) is 0 Å². The van der Waals surface area contributed by atoms with Crippen LogP contribution in [0.5, 0.6) is 0 Å². The van der Waals surface area contributed by atoms with Crippen LogP contribution in [0.25, 0.3) is 0 Å². The number of unbranched alkanes of at least 4 members (excludes halogenated alkanes) is 3. The molecular formula is C11H25ClN2O. The molecule has 0 unspecified atom stereocenters. The Kier molecular flexibility index (Phi) is 13.5. The van der Waals surface area contributed by atoms with Crippen LogP contribution in [0.3, 0.4) is 0 Å². The quantitative estimate of drug-likeness (QED) is 0.657. The lowest BCUT2D eigenvalue weighted by atomic mass is 10.1. The van der Waals surface area contributed by atoms with Gasteiger partial charge in [-0.3, -0.25) is 4.79 Å². The summed E-state index contributed by atoms with van der Waals surface area (Å²) >= 11 is 0. The van der Waals surface area contributed by atoms with Gasteiger partial charge in [0.1, 0.15) is 0 Å². The minimum Gasteiger partial charge on any atom is -0.346 e. The summed E-state index contributed by atoms with van der Waals surface area (Å²) in [7, 11) is 1.88. The van der Waals surface area contributed by atoms with Crippen LogP contribution in [0.15, 0.2) is 0 Å². The molecule has 0 spiro atoms. The van der Waals surface area contributed by atoms with Crippen LogP contribution in [-0.2, 0) is 4.79 Å². The predicted molar refractivity (Wildman–Crippen MR) is 67.3 cm³/mol. The van der Waals surface area contributed by atoms with E-state index in [1.54, 1.807) is 0 Å². The fraction of sp³-hybridized carbons (Fsp3) is 0.909. The van der Waals surface area contributed by atoms with Gasteiger partial charge in [-0.1, -0.05) is 19.8 Å². The normalized spacial score (nSPS) is 9.53. The summed E-state index contributed by atoms with van der Waals surface area (Å²) in [6.45, 7) is 3.73. The van der Waals surface area contributed by atoms with Gasteiger partial charge in [-0.2, -0.15) is 0 Å². The third kappa shape index (κ3) is 10.0. The van der Waals surface area contributed by atoms with Gasteiger partial charge in [0.2, 0.25) is 5.91 Å². The Morgan fingerprint density at radius 2 is 1.80 bits per heavy atom. The average Bonchev–Trinajstić information content (AvgIpc) is 2.17. The third-order valence-corrected chi connectivity index (χ3v) is 2.33. The Morgan fingerprint density at radius 1 is 1.20 bits per heavy atom. The van der Waals surface area contributed by atoms with Crippen LogP contribution >= 0.6 is 12.4 Å². The summed E-state index contributed by atoms with van der Waals surface area (Å²) in [5.41, 5.74) is 5.38. The number of carbonyl (C=O) groups excluding carboxylic acids is 1. The van der Waals surface area contributed by atoms with Crippen LogP contribution in [0.1, 0.15) is 45.4 Å². The standard InChI is InChI=1S/C11H24N2O.ClH/c1-3-10-13(2)11(14)8-6-4-5-7-9-12;/h3-10,12H2,1-2H3;1H. The summed E-state index contributed by atoms with van der Waals surface area (Å²) in [6.07, 6.45) is 6.10. The molecule has 0 bridgehead atoms. The van der Waals surface area contributed by atoms with E-state index in [1.165, 1.54) is 0 Å². The number of amides is 1. The van der Waals surface area contributed by atoms with E-state index >= 15 is 0 Å². The maximum absolute atomic E-state index is 11.5. The van der Waals surface area contributed by atoms with Crippen molar-refractivity contribution in [3.63, 3.8) is 0 Å². The van der Waals surface area contributed by atoms with E-state index in [9.17, 15) is 4.79 Å². The van der Waals surface area contributed by atoms with Gasteiger partial charge in [-0.25, -0.2) is 0 Å². The van der Waals surface area contributed by atoms with E-state index in [0.717, 1.165) is 45.2 Å². The van der Waals surface area contributed by atoms with Crippen LogP contribution in [0, 0.1) is 0 Å². The van der Waals surface area contributed by atoms with Gasteiger partial charge < -0.3 is 10.6 Å². The molecule has 0 rings (SSSR count). The summed E-state index contributed by atoms with van der Waals surface area (Å²) in [5, 5.41) is 0. The zero-order chi connectivity index (χ0) is 10.8. The fourth-order valence-electron chi connectivity index (χ4n) is 1.43. The first-order valence-corrected chi connectivity index (χ1v) is 5.66. The minimum absolute atomic E-state index is 0. The van der Waals surface area contributed by atoms with Crippen molar-refractivity contribution in [3.8, 4) is 0 Å². The maximum atomic E-state index is 11.5. The highest BCUT2D eigenvalue weighted by Crippen LogP contribution is 2.04. The Hall–Kier alpha value is -0.280. The molecule has 0 fully saturated rings. The third-order valence-electron chi connectivity index (χ3n) is 2.33. The highest BCUT2D eigenvalue weighted by molar-refractivity contribution is 5.85. The predicted octanol–water partition coefficient (Wildman–Crippen LogP) is 2.19. The van der Waals surface area contributed by atoms with Crippen LogP contribution in [-0.4, -0.2) is 30.9 Å². The van der Waals surface area contributed by atoms with E-state index in [1.807, 2.05) is 11.9 Å². The Morgan fingerprint density at radius 3 is 2.33 bits per heavy atom. The van der Waals surface area contributed by atoms with Gasteiger partial charge in [-0.05, 0) is 25.8 Å². The first-order chi connectivity index (χ1) is 6.72. The summed E-state index contributed by atoms with van der Waals surface area (Å²) < 4.78 is 0. The molecular weight excluding hydrogens is 212 g/mol. The second kappa shape index (κ2) is 11.8. The average molecular weight is 237 g/mol. The number of hydrogen-bond acceptors (Lipinski definition) is 2. The molecule has 0 aromatic rings. The van der Waals surface area contributed by atoms with Crippen molar-refractivity contribution in [3.05, 3.63) is 0 Å². The lowest BCUT2D eigenvalue weighted by Gasteiger charge is -2.15. The lowest BCUT2D eigenvalue weighted by Crippen LogP contribution is -2.26. The molecule has 0 aromatic heterocycles. The van der Waals surface area contributed by atoms with Crippen LogP contribution in [0.4, 0.5) is 0 Å². The number of nitrogens with two attached hydrogens (primary N) is 1. The van der Waals surface area contributed by atoms with Crippen molar-refractivity contribution in [2.45, 2.75) is 45.4 Å². The molecule has 0 aromatic carbocycles. The van der Waals surface area contributed by atoms with Gasteiger partial charge in [-0.15, -0.1) is 12.4 Å². The highest BCUT2D eigenvalue weighted by atomic mass is 35.5. The van der Waals surface area contributed by atoms with Crippen molar-refractivity contribution >= 4 is 18.3 Å². The smallest absolute Gasteiger partial charge is 0.222 e. The van der Waals surface area contributed by atoms with Crippen molar-refractivity contribution in [2.24, 2.45) is 5.73 Å². The molecule has 0 aliphatic carbocycles. The Balaban J connectivity index is 0. The first-order valence-electron chi connectivity index (χ1n) is 5.66. The van der Waals surface area contributed by atoms with E-state index in [2.05, 4.69) is 6.92 Å². The molecule has 1 amide bonds. The monoisotopic (exact) mass is 236 g/mol. The minimum atomic E-state index is 0. The molecule has 0 saturated heterocycles. The first kappa shape index (κ1) is 17.1. The number of nitrogens with zero attached hydrogens (tertiary/aromatic N) is 1. The molecule has 0 aliphatic rings. The van der Waals surface area contributed by atoms with Crippen LogP contribution in [0.2, 0.25) is 0 Å². The fourth-order valence-corrected chi connectivity index (χ4v) is 1.43. The van der Waals surface area contributed by atoms with E-state index < -0.39 is 0 Å². The highest BCUT2D eigenvalue weighted by Gasteiger charge is 2.05. The largest absolute Gasteiger partial charge is 0.346 e. The Bertz CT molecular complexity index is 154. The lowest BCUT2D eigenvalue weighted by molar-refractivity contribution is -0.130. The van der Waals surface area contributed by atoms with Crippen molar-refractivity contribution in [2.75, 3.05) is 20.1 Å². The molecule has 0 aliphatic heterocycles. The second-order valence-corrected chi connectivity index (χ2v) is 3.77. The topological polar surface area (TPSA) is 46.3 Å². The van der Waals surface area contributed by atoms with Gasteiger partial charge in [0.25, 0.3) is 0 Å². The molecule has 15 heavy (non-hydrogen) atoms. The van der Waals surface area contributed by atoms with Crippen LogP contribution < -0.4 is 5.73 Å². The summed E-state index contributed by atoms with van der Waals surface area (Å²) in [5.74, 6) is 0.277. The van der Waals surface area contributed by atoms with Crippen molar-refractivity contribution in [1.82, 2.24) is 4.90 Å². The zero-order valence-corrected chi connectivity index (χ0v) is 10.8. The molecule has 0 heterocycles. The zero-order valence-electron chi connectivity index (χ0n) is 10.00. The maximum Gasteiger partial charge on any atom is 0.222 e. The van der Waals surface area contributed by atoms with Gasteiger partial charge in [0, 0.05) is 20.0 Å². The molecule has 2 N–H and O–H groups in total. The van der Waals surface area contributed by atoms with Crippen molar-refractivity contribution < 1.29 is 4.79 Å². The number of hydrogen-bond donors (Lipinski definition) is 1. The summed E-state index contributed by atoms with van der Waals surface area (Å²) in [6, 6.07) is 0. The van der Waals surface area contributed by atoms with E-state index in [0.29, 0.717) is 6.42 Å². The molecule has 3 nitrogen and oxygen atoms in total. The van der Waals surface area contributed by atoms with E-state index in [4.69, 9.17) is 5.73 Å². The molecule has 4 heteroatoms. The molecule has 0 radical (unpaired) electrons. The molecule has 0 saturated carbocycles. The van der Waals surface area contributed by atoms with Gasteiger partial charge in [0.15, 0.2) is 0 Å². The SMILES string of the molecule is CCCN(C)C(=O)CCCCCCN.Cl. The Labute approximate surface area is 99.8 Å². The van der Waals surface area contributed by atoms with E-state index in [-0.39, 0.29) is 18.3 Å². The number of rotatable bonds is 8. The number of carbonyl (C=O) groups is 1. The molecule has 0 atom stereocenters. The second-order valence-electron chi connectivity index (χ2n) is 3.77. The summed E-state index contributed by atoms with van der Waals surface area (Å²) in [4.78, 5) is 13.3.